The molecule has 1 saturated carbocycles. The van der Waals surface area contributed by atoms with Crippen LogP contribution in [0, 0.1) is 17.8 Å². The maximum Gasteiger partial charge on any atom is 0.225 e. The van der Waals surface area contributed by atoms with E-state index in [4.69, 9.17) is 15.2 Å². The van der Waals surface area contributed by atoms with E-state index in [-0.39, 0.29) is 0 Å². The van der Waals surface area contributed by atoms with Crippen LogP contribution in [0.2, 0.25) is 0 Å². The Kier molecular flexibility index (Phi) is 8.46. The lowest BCUT2D eigenvalue weighted by atomic mass is 9.90. The lowest BCUT2D eigenvalue weighted by Gasteiger charge is -2.32. The summed E-state index contributed by atoms with van der Waals surface area (Å²) < 4.78 is 10.9. The van der Waals surface area contributed by atoms with Gasteiger partial charge in [-0.15, -0.1) is 0 Å². The first kappa shape index (κ1) is 22.5. The van der Waals surface area contributed by atoms with Crippen molar-refractivity contribution in [2.75, 3.05) is 38.3 Å². The number of methoxy groups -OCH3 is 1. The second kappa shape index (κ2) is 11.3. The first-order valence-electron chi connectivity index (χ1n) is 11.0. The number of rotatable bonds is 11. The highest BCUT2D eigenvalue weighted by Gasteiger charge is 2.43. The first-order chi connectivity index (χ1) is 14.6. The van der Waals surface area contributed by atoms with E-state index in [0.29, 0.717) is 18.9 Å². The van der Waals surface area contributed by atoms with Gasteiger partial charge in [-0.3, -0.25) is 0 Å². The standard InChI is InChI=1S/C24H36N4O2/c1-4-19(14-25)6-5-18(2)30-12-9-22-13-23(22)21-7-10-28(11-8-21)24-26-15-20(16-27-24)17-29-3/h4-6,15-16,21-23H,2,7-14,17,25H2,1,3H3/b6-5-,19-4+/t22-,23-/m1/s1. The second-order valence-electron chi connectivity index (χ2n) is 8.31. The van der Waals surface area contributed by atoms with Crippen LogP contribution < -0.4 is 10.6 Å². The molecule has 1 saturated heterocycles. The van der Waals surface area contributed by atoms with Crippen LogP contribution in [0.15, 0.2) is 48.5 Å². The molecule has 2 atom stereocenters. The molecule has 0 radical (unpaired) electrons. The van der Waals surface area contributed by atoms with Crippen LogP contribution in [0.25, 0.3) is 0 Å². The molecule has 0 spiro atoms. The fourth-order valence-electron chi connectivity index (χ4n) is 4.33. The predicted molar refractivity (Wildman–Crippen MR) is 121 cm³/mol. The Bertz CT molecular complexity index is 736. The van der Waals surface area contributed by atoms with E-state index < -0.39 is 0 Å². The smallest absolute Gasteiger partial charge is 0.225 e. The highest BCUT2D eigenvalue weighted by atomic mass is 16.5. The highest BCUT2D eigenvalue weighted by Crippen LogP contribution is 2.49. The van der Waals surface area contributed by atoms with Gasteiger partial charge in [0, 0.05) is 44.7 Å². The predicted octanol–water partition coefficient (Wildman–Crippen LogP) is 3.86. The quantitative estimate of drug-likeness (QED) is 0.439. The third kappa shape index (κ3) is 6.41. The van der Waals surface area contributed by atoms with Gasteiger partial charge >= 0.3 is 0 Å². The number of nitrogens with two attached hydrogens (primary N) is 1. The van der Waals surface area contributed by atoms with E-state index >= 15 is 0 Å². The normalized spacial score (nSPS) is 22.5. The van der Waals surface area contributed by atoms with E-state index in [1.807, 2.05) is 37.5 Å². The van der Waals surface area contributed by atoms with Gasteiger partial charge in [0.25, 0.3) is 0 Å². The van der Waals surface area contributed by atoms with E-state index in [0.717, 1.165) is 61.0 Å². The Balaban J connectivity index is 1.33. The molecule has 164 valence electrons. The summed E-state index contributed by atoms with van der Waals surface area (Å²) >= 11 is 0. The summed E-state index contributed by atoms with van der Waals surface area (Å²) in [4.78, 5) is 11.3. The van der Waals surface area contributed by atoms with Crippen LogP contribution in [0.5, 0.6) is 0 Å². The molecule has 0 bridgehead atoms. The Morgan fingerprint density at radius 2 is 2.00 bits per heavy atom. The topological polar surface area (TPSA) is 73.5 Å². The maximum absolute atomic E-state index is 5.79. The molecule has 2 N–H and O–H groups in total. The molecule has 0 amide bonds. The molecule has 6 heteroatoms. The van der Waals surface area contributed by atoms with Gasteiger partial charge in [-0.2, -0.15) is 0 Å². The molecule has 1 aliphatic carbocycles. The molecular formula is C24H36N4O2. The zero-order valence-corrected chi connectivity index (χ0v) is 18.4. The molecule has 1 aliphatic heterocycles. The van der Waals surface area contributed by atoms with Gasteiger partial charge in [-0.25, -0.2) is 9.97 Å². The third-order valence-electron chi connectivity index (χ3n) is 6.27. The van der Waals surface area contributed by atoms with Crippen molar-refractivity contribution in [2.24, 2.45) is 23.5 Å². The molecule has 2 aliphatic rings. The molecular weight excluding hydrogens is 376 g/mol. The largest absolute Gasteiger partial charge is 0.494 e. The van der Waals surface area contributed by atoms with E-state index in [1.165, 1.54) is 19.3 Å². The van der Waals surface area contributed by atoms with Gasteiger partial charge in [0.05, 0.1) is 13.2 Å². The average Bonchev–Trinajstić information content (AvgIpc) is 3.55. The van der Waals surface area contributed by atoms with Crippen LogP contribution in [0.3, 0.4) is 0 Å². The van der Waals surface area contributed by atoms with Crippen molar-refractivity contribution in [1.29, 1.82) is 0 Å². The molecule has 0 unspecified atom stereocenters. The molecule has 1 aromatic heterocycles. The molecule has 2 fully saturated rings. The summed E-state index contributed by atoms with van der Waals surface area (Å²) in [7, 11) is 1.69. The summed E-state index contributed by atoms with van der Waals surface area (Å²) in [5, 5.41) is 0. The SMILES string of the molecule is C=C(/C=C\C(=C/C)CN)OCC[C@@H]1C[C@@H]1C1CCN(c2ncc(COC)cn2)CC1. The summed E-state index contributed by atoms with van der Waals surface area (Å²) in [6, 6.07) is 0. The van der Waals surface area contributed by atoms with E-state index in [1.54, 1.807) is 7.11 Å². The molecule has 3 rings (SSSR count). The van der Waals surface area contributed by atoms with E-state index in [9.17, 15) is 0 Å². The van der Waals surface area contributed by atoms with E-state index in [2.05, 4.69) is 21.4 Å². The van der Waals surface area contributed by atoms with Gasteiger partial charge in [0.2, 0.25) is 5.95 Å². The molecule has 6 nitrogen and oxygen atoms in total. The number of nitrogens with zero attached hydrogens (tertiary/aromatic N) is 3. The van der Waals surface area contributed by atoms with Crippen molar-refractivity contribution in [3.05, 3.63) is 54.1 Å². The Hall–Kier alpha value is -2.18. The Morgan fingerprint density at radius 3 is 2.63 bits per heavy atom. The Labute approximate surface area is 180 Å². The van der Waals surface area contributed by atoms with Gasteiger partial charge < -0.3 is 20.1 Å². The highest BCUT2D eigenvalue weighted by molar-refractivity contribution is 5.30. The van der Waals surface area contributed by atoms with Crippen LogP contribution in [-0.4, -0.2) is 43.3 Å². The van der Waals surface area contributed by atoms with Crippen molar-refractivity contribution in [3.63, 3.8) is 0 Å². The number of ether oxygens (including phenoxy) is 2. The Morgan fingerprint density at radius 1 is 1.27 bits per heavy atom. The lowest BCUT2D eigenvalue weighted by molar-refractivity contribution is 0.184. The van der Waals surface area contributed by atoms with Crippen molar-refractivity contribution >= 4 is 5.95 Å². The van der Waals surface area contributed by atoms with Gasteiger partial charge in [0.1, 0.15) is 5.76 Å². The van der Waals surface area contributed by atoms with Crippen molar-refractivity contribution in [3.8, 4) is 0 Å². The summed E-state index contributed by atoms with van der Waals surface area (Å²) in [5.41, 5.74) is 7.76. The second-order valence-corrected chi connectivity index (χ2v) is 8.31. The molecule has 0 aromatic carbocycles. The fourth-order valence-corrected chi connectivity index (χ4v) is 4.33. The summed E-state index contributed by atoms with van der Waals surface area (Å²) in [5.74, 6) is 4.04. The fraction of sp³-hybridized carbons (Fsp3) is 0.583. The van der Waals surface area contributed by atoms with Crippen LogP contribution in [-0.2, 0) is 16.1 Å². The molecule has 1 aromatic rings. The third-order valence-corrected chi connectivity index (χ3v) is 6.27. The van der Waals surface area contributed by atoms with Gasteiger partial charge in [-0.05, 0) is 62.0 Å². The van der Waals surface area contributed by atoms with Gasteiger partial charge in [-0.1, -0.05) is 18.7 Å². The maximum atomic E-state index is 5.79. The van der Waals surface area contributed by atoms with Crippen molar-refractivity contribution in [2.45, 2.75) is 39.2 Å². The number of allylic oxidation sites excluding steroid dienone is 2. The van der Waals surface area contributed by atoms with Gasteiger partial charge in [0.15, 0.2) is 0 Å². The monoisotopic (exact) mass is 412 g/mol. The number of hydrogen-bond donors (Lipinski definition) is 1. The number of piperidine rings is 1. The van der Waals surface area contributed by atoms with Crippen molar-refractivity contribution in [1.82, 2.24) is 9.97 Å². The molecule has 30 heavy (non-hydrogen) atoms. The van der Waals surface area contributed by atoms with Crippen LogP contribution >= 0.6 is 0 Å². The minimum atomic E-state index is 0.536. The average molecular weight is 413 g/mol. The summed E-state index contributed by atoms with van der Waals surface area (Å²) in [6.45, 7) is 9.89. The number of hydrogen-bond acceptors (Lipinski definition) is 6. The van der Waals surface area contributed by atoms with Crippen LogP contribution in [0.1, 0.15) is 38.2 Å². The molecule has 2 heterocycles. The van der Waals surface area contributed by atoms with Crippen molar-refractivity contribution < 1.29 is 9.47 Å². The minimum absolute atomic E-state index is 0.536. The first-order valence-corrected chi connectivity index (χ1v) is 11.0. The van der Waals surface area contributed by atoms with Crippen LogP contribution in [0.4, 0.5) is 5.95 Å². The zero-order chi connectivity index (χ0) is 21.3. The summed E-state index contributed by atoms with van der Waals surface area (Å²) in [6.07, 6.45) is 14.5. The number of anilines is 1. The lowest BCUT2D eigenvalue weighted by Crippen LogP contribution is -2.35. The minimum Gasteiger partial charge on any atom is -0.494 e. The zero-order valence-electron chi connectivity index (χ0n) is 18.4. The number of aromatic nitrogens is 2.